The van der Waals surface area contributed by atoms with Crippen molar-refractivity contribution in [2.24, 2.45) is 0 Å². The third kappa shape index (κ3) is 6.45. The highest BCUT2D eigenvalue weighted by atomic mass is 16.6. The van der Waals surface area contributed by atoms with Crippen LogP contribution in [0.2, 0.25) is 0 Å². The molecule has 0 saturated heterocycles. The van der Waals surface area contributed by atoms with E-state index in [1.807, 2.05) is 0 Å². The Kier molecular flexibility index (Phi) is 6.05. The van der Waals surface area contributed by atoms with Crippen molar-refractivity contribution in [1.82, 2.24) is 0 Å². The molecule has 0 aliphatic rings. The van der Waals surface area contributed by atoms with E-state index in [-0.39, 0.29) is 18.8 Å². The van der Waals surface area contributed by atoms with Crippen molar-refractivity contribution in [3.05, 3.63) is 24.8 Å². The van der Waals surface area contributed by atoms with Gasteiger partial charge in [0.15, 0.2) is 6.10 Å². The van der Waals surface area contributed by atoms with Crippen molar-refractivity contribution >= 4 is 11.9 Å². The first-order valence-electron chi connectivity index (χ1n) is 4.25. The highest BCUT2D eigenvalue weighted by Crippen LogP contribution is 1.95. The molecule has 0 aromatic rings. The largest absolute Gasteiger partial charge is 0.460 e. The summed E-state index contributed by atoms with van der Waals surface area (Å²) in [6.45, 7) is 7.28. The standard InChI is InChI=1S/C10H13O5/c1-4-9(12)14-5-8(11)6-15-10(13)7(2)3/h4,8H,1-2,5-6H2,3H3. The summed E-state index contributed by atoms with van der Waals surface area (Å²) in [5.41, 5.74) is 0.213. The summed E-state index contributed by atoms with van der Waals surface area (Å²) in [6.07, 6.45) is -0.343. The average Bonchev–Trinajstić information content (AvgIpc) is 2.21. The van der Waals surface area contributed by atoms with Crippen LogP contribution in [-0.2, 0) is 24.2 Å². The summed E-state index contributed by atoms with van der Waals surface area (Å²) in [6, 6.07) is 0. The van der Waals surface area contributed by atoms with Gasteiger partial charge in [-0.05, 0) is 6.92 Å². The molecule has 0 aromatic carbocycles. The van der Waals surface area contributed by atoms with E-state index in [1.54, 1.807) is 0 Å². The molecule has 0 aliphatic heterocycles. The second-order valence-electron chi connectivity index (χ2n) is 2.83. The lowest BCUT2D eigenvalue weighted by Gasteiger charge is -2.09. The number of hydrogen-bond donors (Lipinski definition) is 0. The van der Waals surface area contributed by atoms with Crippen LogP contribution in [0.15, 0.2) is 24.8 Å². The van der Waals surface area contributed by atoms with E-state index in [0.29, 0.717) is 0 Å². The maximum absolute atomic E-state index is 11.1. The zero-order valence-corrected chi connectivity index (χ0v) is 8.52. The summed E-state index contributed by atoms with van der Waals surface area (Å²) in [5, 5.41) is 11.1. The van der Waals surface area contributed by atoms with Crippen molar-refractivity contribution in [2.75, 3.05) is 13.2 Å². The van der Waals surface area contributed by atoms with Crippen LogP contribution in [0.3, 0.4) is 0 Å². The zero-order valence-electron chi connectivity index (χ0n) is 8.52. The van der Waals surface area contributed by atoms with Crippen LogP contribution in [0.25, 0.3) is 0 Å². The van der Waals surface area contributed by atoms with Gasteiger partial charge in [-0.15, -0.1) is 0 Å². The molecule has 0 bridgehead atoms. The fourth-order valence-electron chi connectivity index (χ4n) is 0.574. The summed E-state index contributed by atoms with van der Waals surface area (Å²) >= 11 is 0. The molecular weight excluding hydrogens is 200 g/mol. The van der Waals surface area contributed by atoms with Gasteiger partial charge in [-0.2, -0.15) is 0 Å². The lowest BCUT2D eigenvalue weighted by atomic mass is 10.3. The highest BCUT2D eigenvalue weighted by Gasteiger charge is 2.12. The van der Waals surface area contributed by atoms with Gasteiger partial charge in [0.05, 0.1) is 0 Å². The van der Waals surface area contributed by atoms with Gasteiger partial charge in [-0.1, -0.05) is 13.2 Å². The first-order chi connectivity index (χ1) is 6.97. The quantitative estimate of drug-likeness (QED) is 0.479. The SMILES string of the molecule is C=CC(=O)OCC([O])COC(=O)C(=C)C. The van der Waals surface area contributed by atoms with Gasteiger partial charge in [0.1, 0.15) is 13.2 Å². The minimum absolute atomic E-state index is 0.213. The van der Waals surface area contributed by atoms with Crippen LogP contribution >= 0.6 is 0 Å². The summed E-state index contributed by atoms with van der Waals surface area (Å²) < 4.78 is 9.03. The van der Waals surface area contributed by atoms with Crippen molar-refractivity contribution in [3.63, 3.8) is 0 Å². The van der Waals surface area contributed by atoms with Crippen LogP contribution in [0.5, 0.6) is 0 Å². The molecule has 0 amide bonds. The molecule has 1 unspecified atom stereocenters. The summed E-state index contributed by atoms with van der Waals surface area (Å²) in [7, 11) is 0. The van der Waals surface area contributed by atoms with Crippen molar-refractivity contribution < 1.29 is 24.2 Å². The van der Waals surface area contributed by atoms with E-state index in [0.717, 1.165) is 6.08 Å². The van der Waals surface area contributed by atoms with Gasteiger partial charge < -0.3 is 9.47 Å². The van der Waals surface area contributed by atoms with E-state index in [1.165, 1.54) is 6.92 Å². The Hall–Kier alpha value is -1.62. The predicted molar refractivity (Wildman–Crippen MR) is 51.4 cm³/mol. The Labute approximate surface area is 88.0 Å². The molecule has 0 rings (SSSR count). The lowest BCUT2D eigenvalue weighted by Crippen LogP contribution is -2.23. The van der Waals surface area contributed by atoms with Crippen molar-refractivity contribution in [3.8, 4) is 0 Å². The van der Waals surface area contributed by atoms with E-state index in [9.17, 15) is 14.7 Å². The van der Waals surface area contributed by atoms with E-state index in [4.69, 9.17) is 0 Å². The molecule has 0 aromatic heterocycles. The van der Waals surface area contributed by atoms with E-state index >= 15 is 0 Å². The molecule has 0 aliphatic carbocycles. The Bertz CT molecular complexity index is 269. The van der Waals surface area contributed by atoms with Gasteiger partial charge in [-0.3, -0.25) is 0 Å². The third-order valence-corrected chi connectivity index (χ3v) is 1.33. The molecule has 0 N–H and O–H groups in total. The number of esters is 2. The first-order valence-corrected chi connectivity index (χ1v) is 4.25. The molecule has 83 valence electrons. The number of carbonyl (C=O) groups is 2. The number of carbonyl (C=O) groups excluding carboxylic acids is 2. The second-order valence-corrected chi connectivity index (χ2v) is 2.83. The van der Waals surface area contributed by atoms with Gasteiger partial charge in [-0.25, -0.2) is 14.7 Å². The normalized spacial score (nSPS) is 11.3. The Balaban J connectivity index is 3.70. The molecule has 0 spiro atoms. The van der Waals surface area contributed by atoms with Crippen LogP contribution in [0, 0.1) is 0 Å². The third-order valence-electron chi connectivity index (χ3n) is 1.33. The van der Waals surface area contributed by atoms with E-state index < -0.39 is 18.0 Å². The maximum atomic E-state index is 11.1. The monoisotopic (exact) mass is 213 g/mol. The van der Waals surface area contributed by atoms with E-state index in [2.05, 4.69) is 22.6 Å². The molecular formula is C10H13O5. The van der Waals surface area contributed by atoms with Gasteiger partial charge in [0.2, 0.25) is 0 Å². The van der Waals surface area contributed by atoms with Gasteiger partial charge in [0, 0.05) is 11.6 Å². The molecule has 5 nitrogen and oxygen atoms in total. The molecule has 1 radical (unpaired) electrons. The van der Waals surface area contributed by atoms with Crippen molar-refractivity contribution in [1.29, 1.82) is 0 Å². The lowest BCUT2D eigenvalue weighted by molar-refractivity contribution is -0.149. The Morgan fingerprint density at radius 2 is 1.87 bits per heavy atom. The number of ether oxygens (including phenoxy) is 2. The van der Waals surface area contributed by atoms with Crippen LogP contribution < -0.4 is 0 Å². The fourth-order valence-corrected chi connectivity index (χ4v) is 0.574. The van der Waals surface area contributed by atoms with Gasteiger partial charge in [0.25, 0.3) is 0 Å². The Morgan fingerprint density at radius 3 is 2.33 bits per heavy atom. The summed E-state index contributed by atoms with van der Waals surface area (Å²) in [5.74, 6) is -1.31. The molecule has 5 heteroatoms. The minimum atomic E-state index is -1.29. The maximum Gasteiger partial charge on any atom is 0.333 e. The van der Waals surface area contributed by atoms with Crippen molar-refractivity contribution in [2.45, 2.75) is 13.0 Å². The molecule has 0 fully saturated rings. The predicted octanol–water partition coefficient (Wildman–Crippen LogP) is 0.634. The highest BCUT2D eigenvalue weighted by molar-refractivity contribution is 5.86. The second kappa shape index (κ2) is 6.78. The van der Waals surface area contributed by atoms with Crippen LogP contribution in [0.4, 0.5) is 0 Å². The topological polar surface area (TPSA) is 72.5 Å². The zero-order chi connectivity index (χ0) is 11.8. The minimum Gasteiger partial charge on any atom is -0.460 e. The number of rotatable bonds is 6. The molecule has 1 atom stereocenters. The number of hydrogen-bond acceptors (Lipinski definition) is 4. The molecule has 0 saturated carbocycles. The smallest absolute Gasteiger partial charge is 0.333 e. The van der Waals surface area contributed by atoms with Gasteiger partial charge >= 0.3 is 11.9 Å². The fraction of sp³-hybridized carbons (Fsp3) is 0.400. The van der Waals surface area contributed by atoms with Crippen LogP contribution in [-0.4, -0.2) is 31.3 Å². The summed E-state index contributed by atoms with van der Waals surface area (Å²) in [4.78, 5) is 21.4. The molecule has 0 heterocycles. The average molecular weight is 213 g/mol. The van der Waals surface area contributed by atoms with Crippen LogP contribution in [0.1, 0.15) is 6.92 Å². The molecule has 15 heavy (non-hydrogen) atoms. The first kappa shape index (κ1) is 13.4. The Morgan fingerprint density at radius 1 is 1.33 bits per heavy atom.